The van der Waals surface area contributed by atoms with Gasteiger partial charge >= 0.3 is 0 Å². The van der Waals surface area contributed by atoms with Crippen molar-refractivity contribution in [3.8, 4) is 0 Å². The van der Waals surface area contributed by atoms with Gasteiger partial charge in [-0.15, -0.1) is 0 Å². The molecule has 2 N–H and O–H groups in total. The number of rotatable bonds is 3. The van der Waals surface area contributed by atoms with Crippen LogP contribution in [0.25, 0.3) is 0 Å². The summed E-state index contributed by atoms with van der Waals surface area (Å²) in [5, 5.41) is 6.07. The van der Waals surface area contributed by atoms with E-state index in [9.17, 15) is 4.79 Å². The second-order valence-corrected chi connectivity index (χ2v) is 4.97. The van der Waals surface area contributed by atoms with E-state index >= 15 is 0 Å². The minimum Gasteiger partial charge on any atom is -0.378 e. The molecule has 1 atom stereocenters. The first-order valence-corrected chi connectivity index (χ1v) is 6.48. The fraction of sp³-hybridized carbons (Fsp3) is 0.500. The van der Waals surface area contributed by atoms with Gasteiger partial charge in [0, 0.05) is 32.0 Å². The number of hydrogen-bond acceptors (Lipinski definition) is 4. The van der Waals surface area contributed by atoms with Crippen LogP contribution in [0.4, 0.5) is 11.4 Å². The van der Waals surface area contributed by atoms with Crippen LogP contribution in [0.1, 0.15) is 5.56 Å². The second kappa shape index (κ2) is 6.04. The predicted molar refractivity (Wildman–Crippen MR) is 76.7 cm³/mol. The second-order valence-electron chi connectivity index (χ2n) is 4.97. The average molecular weight is 263 g/mol. The van der Waals surface area contributed by atoms with Crippen LogP contribution < -0.4 is 15.5 Å². The van der Waals surface area contributed by atoms with Gasteiger partial charge in [0.05, 0.1) is 13.2 Å². The van der Waals surface area contributed by atoms with Crippen molar-refractivity contribution in [1.82, 2.24) is 5.32 Å². The van der Waals surface area contributed by atoms with Crippen molar-refractivity contribution >= 4 is 17.3 Å². The highest BCUT2D eigenvalue weighted by molar-refractivity contribution is 5.95. The number of carbonyl (C=O) groups excluding carboxylic acids is 1. The minimum absolute atomic E-state index is 0.0479. The molecule has 1 unspecified atom stereocenters. The fourth-order valence-corrected chi connectivity index (χ4v) is 2.13. The van der Waals surface area contributed by atoms with Crippen LogP contribution in [0.2, 0.25) is 0 Å². The van der Waals surface area contributed by atoms with E-state index in [4.69, 9.17) is 4.74 Å². The van der Waals surface area contributed by atoms with Crippen molar-refractivity contribution in [1.29, 1.82) is 0 Å². The third kappa shape index (κ3) is 3.45. The molecule has 104 valence electrons. The summed E-state index contributed by atoms with van der Waals surface area (Å²) in [5.74, 6) is -0.0479. The Labute approximate surface area is 113 Å². The third-order valence-corrected chi connectivity index (χ3v) is 3.20. The summed E-state index contributed by atoms with van der Waals surface area (Å²) in [6.07, 6.45) is 0. The molecule has 0 aromatic heterocycles. The van der Waals surface area contributed by atoms with Crippen molar-refractivity contribution in [2.75, 3.05) is 44.1 Å². The predicted octanol–water partition coefficient (Wildman–Crippen LogP) is 0.988. The number of nitrogens with zero attached hydrogens (tertiary/aromatic N) is 1. The van der Waals surface area contributed by atoms with E-state index in [-0.39, 0.29) is 11.9 Å². The van der Waals surface area contributed by atoms with Gasteiger partial charge in [0.1, 0.15) is 6.04 Å². The molecular weight excluding hydrogens is 242 g/mol. The molecule has 5 heteroatoms. The van der Waals surface area contributed by atoms with Gasteiger partial charge in [-0.3, -0.25) is 4.79 Å². The topological polar surface area (TPSA) is 53.6 Å². The van der Waals surface area contributed by atoms with E-state index in [1.807, 2.05) is 37.2 Å². The number of carbonyl (C=O) groups is 1. The number of anilines is 2. The minimum atomic E-state index is -0.266. The molecule has 0 aliphatic carbocycles. The van der Waals surface area contributed by atoms with Crippen molar-refractivity contribution in [2.45, 2.75) is 13.0 Å². The lowest BCUT2D eigenvalue weighted by molar-refractivity contribution is -0.120. The Morgan fingerprint density at radius 3 is 2.89 bits per heavy atom. The van der Waals surface area contributed by atoms with Crippen molar-refractivity contribution < 1.29 is 9.53 Å². The lowest BCUT2D eigenvalue weighted by Crippen LogP contribution is -2.48. The molecule has 5 nitrogen and oxygen atoms in total. The number of morpholine rings is 1. The van der Waals surface area contributed by atoms with Crippen molar-refractivity contribution in [3.63, 3.8) is 0 Å². The van der Waals surface area contributed by atoms with E-state index in [1.54, 1.807) is 0 Å². The highest BCUT2D eigenvalue weighted by Crippen LogP contribution is 2.22. The smallest absolute Gasteiger partial charge is 0.243 e. The summed E-state index contributed by atoms with van der Waals surface area (Å²) in [6.45, 7) is 3.86. The molecule has 2 rings (SSSR count). The van der Waals surface area contributed by atoms with Gasteiger partial charge in [-0.25, -0.2) is 0 Å². The van der Waals surface area contributed by atoms with Crippen LogP contribution in [-0.2, 0) is 9.53 Å². The molecule has 0 radical (unpaired) electrons. The summed E-state index contributed by atoms with van der Waals surface area (Å²) in [5.41, 5.74) is 3.10. The Balaban J connectivity index is 2.06. The van der Waals surface area contributed by atoms with Gasteiger partial charge in [0.25, 0.3) is 0 Å². The van der Waals surface area contributed by atoms with Crippen LogP contribution in [0.5, 0.6) is 0 Å². The Morgan fingerprint density at radius 2 is 2.26 bits per heavy atom. The average Bonchev–Trinajstić information content (AvgIpc) is 2.41. The molecule has 0 bridgehead atoms. The highest BCUT2D eigenvalue weighted by atomic mass is 16.5. The standard InChI is InChI=1S/C14H21N3O2/c1-10-4-5-11(8-13(10)17(2)3)16-14(18)12-9-19-7-6-15-12/h4-5,8,12,15H,6-7,9H2,1-3H3,(H,16,18). The zero-order valence-corrected chi connectivity index (χ0v) is 11.7. The Hall–Kier alpha value is -1.59. The Bertz CT molecular complexity index is 454. The molecule has 19 heavy (non-hydrogen) atoms. The van der Waals surface area contributed by atoms with Gasteiger partial charge in [-0.1, -0.05) is 6.07 Å². The maximum atomic E-state index is 12.1. The molecule has 1 saturated heterocycles. The molecule has 1 aromatic rings. The van der Waals surface area contributed by atoms with Gasteiger partial charge in [-0.2, -0.15) is 0 Å². The zero-order chi connectivity index (χ0) is 13.8. The number of aryl methyl sites for hydroxylation is 1. The SMILES string of the molecule is Cc1ccc(NC(=O)C2COCCN2)cc1N(C)C. The number of benzene rings is 1. The van der Waals surface area contributed by atoms with E-state index in [2.05, 4.69) is 17.6 Å². The van der Waals surface area contributed by atoms with Gasteiger partial charge < -0.3 is 20.3 Å². The molecule has 1 aliphatic rings. The lowest BCUT2D eigenvalue weighted by Gasteiger charge is -2.23. The monoisotopic (exact) mass is 263 g/mol. The van der Waals surface area contributed by atoms with E-state index in [0.29, 0.717) is 13.2 Å². The molecule has 1 heterocycles. The van der Waals surface area contributed by atoms with Gasteiger partial charge in [0.2, 0.25) is 5.91 Å². The molecule has 1 aromatic carbocycles. The summed E-state index contributed by atoms with van der Waals surface area (Å²) in [7, 11) is 3.98. The Morgan fingerprint density at radius 1 is 1.47 bits per heavy atom. The van der Waals surface area contributed by atoms with E-state index in [0.717, 1.165) is 17.9 Å². The summed E-state index contributed by atoms with van der Waals surface area (Å²) < 4.78 is 5.29. The maximum absolute atomic E-state index is 12.1. The van der Waals surface area contributed by atoms with Crippen LogP contribution in [-0.4, -0.2) is 45.8 Å². The first kappa shape index (κ1) is 13.8. The largest absolute Gasteiger partial charge is 0.378 e. The fourth-order valence-electron chi connectivity index (χ4n) is 2.13. The summed E-state index contributed by atoms with van der Waals surface area (Å²) in [4.78, 5) is 14.1. The molecule has 1 amide bonds. The van der Waals surface area contributed by atoms with Crippen molar-refractivity contribution in [3.05, 3.63) is 23.8 Å². The quantitative estimate of drug-likeness (QED) is 0.854. The number of amides is 1. The Kier molecular flexibility index (Phi) is 4.39. The van der Waals surface area contributed by atoms with Crippen LogP contribution in [0.3, 0.4) is 0 Å². The molecule has 1 aliphatic heterocycles. The normalized spacial score (nSPS) is 19.0. The third-order valence-electron chi connectivity index (χ3n) is 3.20. The number of hydrogen-bond donors (Lipinski definition) is 2. The zero-order valence-electron chi connectivity index (χ0n) is 11.7. The number of ether oxygens (including phenoxy) is 1. The molecule has 0 saturated carbocycles. The van der Waals surface area contributed by atoms with Gasteiger partial charge in [-0.05, 0) is 24.6 Å². The lowest BCUT2D eigenvalue weighted by atomic mass is 10.1. The van der Waals surface area contributed by atoms with Gasteiger partial charge in [0.15, 0.2) is 0 Å². The highest BCUT2D eigenvalue weighted by Gasteiger charge is 2.21. The molecule has 0 spiro atoms. The van der Waals surface area contributed by atoms with Crippen LogP contribution >= 0.6 is 0 Å². The maximum Gasteiger partial charge on any atom is 0.243 e. The van der Waals surface area contributed by atoms with E-state index < -0.39 is 0 Å². The molecule has 1 fully saturated rings. The number of nitrogens with one attached hydrogen (secondary N) is 2. The summed E-state index contributed by atoms with van der Waals surface area (Å²) in [6, 6.07) is 5.65. The first-order chi connectivity index (χ1) is 9.08. The molecular formula is C14H21N3O2. The van der Waals surface area contributed by atoms with Crippen LogP contribution in [0.15, 0.2) is 18.2 Å². The van der Waals surface area contributed by atoms with E-state index in [1.165, 1.54) is 5.56 Å². The first-order valence-electron chi connectivity index (χ1n) is 6.48. The summed E-state index contributed by atoms with van der Waals surface area (Å²) >= 11 is 0. The van der Waals surface area contributed by atoms with Crippen molar-refractivity contribution in [2.24, 2.45) is 0 Å². The van der Waals surface area contributed by atoms with Crippen LogP contribution in [0, 0.1) is 6.92 Å².